The third-order valence-corrected chi connectivity index (χ3v) is 2.82. The van der Waals surface area contributed by atoms with Crippen LogP contribution in [0.3, 0.4) is 0 Å². The number of fused-ring (bicyclic) bond motifs is 1. The Labute approximate surface area is 98.3 Å². The van der Waals surface area contributed by atoms with Crippen LogP contribution in [0.4, 0.5) is 11.8 Å². The van der Waals surface area contributed by atoms with Gasteiger partial charge in [-0.05, 0) is 6.92 Å². The summed E-state index contributed by atoms with van der Waals surface area (Å²) in [7, 11) is 0. The first kappa shape index (κ1) is 10.0. The maximum atomic E-state index is 5.66. The Hall–Kier alpha value is -2.18. The van der Waals surface area contributed by atoms with E-state index in [1.54, 1.807) is 6.33 Å². The molecule has 3 heterocycles. The Morgan fingerprint density at radius 3 is 3.00 bits per heavy atom. The molecule has 3 rings (SSSR count). The Morgan fingerprint density at radius 2 is 2.18 bits per heavy atom. The first-order valence-electron chi connectivity index (χ1n) is 5.45. The number of nitrogen functional groups attached to an aromatic ring is 1. The van der Waals surface area contributed by atoms with E-state index in [0.29, 0.717) is 12.5 Å². The summed E-state index contributed by atoms with van der Waals surface area (Å²) in [4.78, 5) is 10.5. The molecule has 0 unspecified atom stereocenters. The van der Waals surface area contributed by atoms with E-state index >= 15 is 0 Å². The monoisotopic (exact) mass is 231 g/mol. The van der Waals surface area contributed by atoms with Crippen LogP contribution in [-0.4, -0.2) is 31.3 Å². The molecule has 2 aromatic heterocycles. The summed E-state index contributed by atoms with van der Waals surface area (Å²) in [6, 6.07) is 1.93. The lowest BCUT2D eigenvalue weighted by atomic mass is 10.3. The molecule has 2 aromatic rings. The second kappa shape index (κ2) is 3.69. The van der Waals surface area contributed by atoms with Crippen molar-refractivity contribution in [2.24, 2.45) is 0 Å². The molecule has 0 aliphatic carbocycles. The SMILES string of the molecule is Cc1cc(N2CCn3cnnc3C2)nc(N)n1. The van der Waals surface area contributed by atoms with E-state index in [9.17, 15) is 0 Å². The zero-order valence-electron chi connectivity index (χ0n) is 9.54. The molecular weight excluding hydrogens is 218 g/mol. The van der Waals surface area contributed by atoms with Crippen molar-refractivity contribution in [2.75, 3.05) is 17.2 Å². The quantitative estimate of drug-likeness (QED) is 0.742. The predicted octanol–water partition coefficient (Wildman–Crippen LogP) is -0.0211. The zero-order valence-corrected chi connectivity index (χ0v) is 9.54. The molecule has 7 heteroatoms. The van der Waals surface area contributed by atoms with Crippen LogP contribution in [0.1, 0.15) is 11.5 Å². The molecule has 2 N–H and O–H groups in total. The second-order valence-corrected chi connectivity index (χ2v) is 4.09. The molecule has 1 aliphatic heterocycles. The number of aryl methyl sites for hydroxylation is 1. The molecule has 0 aromatic carbocycles. The molecule has 0 atom stereocenters. The fraction of sp³-hybridized carbons (Fsp3) is 0.400. The minimum atomic E-state index is 0.312. The number of hydrogen-bond acceptors (Lipinski definition) is 6. The van der Waals surface area contributed by atoms with E-state index < -0.39 is 0 Å². The summed E-state index contributed by atoms with van der Waals surface area (Å²) in [5.74, 6) is 2.11. The van der Waals surface area contributed by atoms with Gasteiger partial charge in [-0.15, -0.1) is 10.2 Å². The van der Waals surface area contributed by atoms with E-state index in [1.807, 2.05) is 17.6 Å². The molecule has 17 heavy (non-hydrogen) atoms. The van der Waals surface area contributed by atoms with Crippen LogP contribution in [-0.2, 0) is 13.1 Å². The molecular formula is C10H13N7. The van der Waals surface area contributed by atoms with Gasteiger partial charge in [-0.3, -0.25) is 0 Å². The van der Waals surface area contributed by atoms with Crippen molar-refractivity contribution >= 4 is 11.8 Å². The van der Waals surface area contributed by atoms with Crippen LogP contribution in [0.25, 0.3) is 0 Å². The summed E-state index contributed by atoms with van der Waals surface area (Å²) in [5.41, 5.74) is 6.53. The van der Waals surface area contributed by atoms with Gasteiger partial charge in [0.2, 0.25) is 5.95 Å². The van der Waals surface area contributed by atoms with E-state index in [2.05, 4.69) is 25.1 Å². The molecule has 1 aliphatic rings. The van der Waals surface area contributed by atoms with Crippen molar-refractivity contribution in [3.05, 3.63) is 23.9 Å². The molecule has 7 nitrogen and oxygen atoms in total. The average Bonchev–Trinajstić information content (AvgIpc) is 2.74. The zero-order chi connectivity index (χ0) is 11.8. The minimum absolute atomic E-state index is 0.312. The van der Waals surface area contributed by atoms with Gasteiger partial charge in [0.15, 0.2) is 5.82 Å². The van der Waals surface area contributed by atoms with E-state index in [-0.39, 0.29) is 0 Å². The minimum Gasteiger partial charge on any atom is -0.368 e. The summed E-state index contributed by atoms with van der Waals surface area (Å²) in [6.07, 6.45) is 1.76. The Balaban J connectivity index is 1.91. The van der Waals surface area contributed by atoms with E-state index in [0.717, 1.165) is 30.4 Å². The second-order valence-electron chi connectivity index (χ2n) is 4.09. The van der Waals surface area contributed by atoms with Crippen LogP contribution in [0, 0.1) is 6.92 Å². The van der Waals surface area contributed by atoms with Crippen molar-refractivity contribution in [3.63, 3.8) is 0 Å². The lowest BCUT2D eigenvalue weighted by Gasteiger charge is -2.28. The van der Waals surface area contributed by atoms with Crippen molar-refractivity contribution in [1.82, 2.24) is 24.7 Å². The number of nitrogens with zero attached hydrogens (tertiary/aromatic N) is 6. The maximum absolute atomic E-state index is 5.66. The van der Waals surface area contributed by atoms with Crippen molar-refractivity contribution in [3.8, 4) is 0 Å². The Bertz CT molecular complexity index is 527. The summed E-state index contributed by atoms with van der Waals surface area (Å²) >= 11 is 0. The number of aromatic nitrogens is 5. The predicted molar refractivity (Wildman–Crippen MR) is 62.3 cm³/mol. The highest BCUT2D eigenvalue weighted by molar-refractivity contribution is 5.43. The molecule has 88 valence electrons. The van der Waals surface area contributed by atoms with Crippen molar-refractivity contribution < 1.29 is 0 Å². The first-order valence-corrected chi connectivity index (χ1v) is 5.45. The number of hydrogen-bond donors (Lipinski definition) is 1. The highest BCUT2D eigenvalue weighted by Crippen LogP contribution is 2.18. The highest BCUT2D eigenvalue weighted by Gasteiger charge is 2.19. The molecule has 0 radical (unpaired) electrons. The van der Waals surface area contributed by atoms with Crippen molar-refractivity contribution in [2.45, 2.75) is 20.0 Å². The molecule has 0 saturated carbocycles. The topological polar surface area (TPSA) is 85.8 Å². The summed E-state index contributed by atoms with van der Waals surface area (Å²) < 4.78 is 2.05. The first-order chi connectivity index (χ1) is 8.22. The fourth-order valence-corrected chi connectivity index (χ4v) is 2.00. The highest BCUT2D eigenvalue weighted by atomic mass is 15.3. The largest absolute Gasteiger partial charge is 0.368 e. The fourth-order valence-electron chi connectivity index (χ4n) is 2.00. The smallest absolute Gasteiger partial charge is 0.222 e. The maximum Gasteiger partial charge on any atom is 0.222 e. The van der Waals surface area contributed by atoms with Crippen molar-refractivity contribution in [1.29, 1.82) is 0 Å². The van der Waals surface area contributed by atoms with Gasteiger partial charge in [0, 0.05) is 24.8 Å². The number of rotatable bonds is 1. The van der Waals surface area contributed by atoms with Gasteiger partial charge >= 0.3 is 0 Å². The van der Waals surface area contributed by atoms with Crippen LogP contribution < -0.4 is 10.6 Å². The van der Waals surface area contributed by atoms with Crippen LogP contribution in [0.15, 0.2) is 12.4 Å². The van der Waals surface area contributed by atoms with Gasteiger partial charge in [0.25, 0.3) is 0 Å². The van der Waals surface area contributed by atoms with Crippen LogP contribution in [0.2, 0.25) is 0 Å². The van der Waals surface area contributed by atoms with E-state index in [1.165, 1.54) is 0 Å². The number of anilines is 2. The van der Waals surface area contributed by atoms with Gasteiger partial charge in [0.1, 0.15) is 12.1 Å². The molecule has 0 saturated heterocycles. The van der Waals surface area contributed by atoms with Gasteiger partial charge in [-0.1, -0.05) is 0 Å². The van der Waals surface area contributed by atoms with Crippen LogP contribution in [0.5, 0.6) is 0 Å². The van der Waals surface area contributed by atoms with Gasteiger partial charge < -0.3 is 15.2 Å². The Morgan fingerprint density at radius 1 is 1.29 bits per heavy atom. The molecule has 0 spiro atoms. The molecule has 0 fully saturated rings. The molecule has 0 bridgehead atoms. The van der Waals surface area contributed by atoms with Gasteiger partial charge in [-0.2, -0.15) is 4.98 Å². The summed E-state index contributed by atoms with van der Waals surface area (Å²) in [6.45, 7) is 4.36. The third kappa shape index (κ3) is 1.79. The average molecular weight is 231 g/mol. The van der Waals surface area contributed by atoms with Gasteiger partial charge in [0.05, 0.1) is 6.54 Å². The summed E-state index contributed by atoms with van der Waals surface area (Å²) in [5, 5.41) is 7.97. The van der Waals surface area contributed by atoms with Crippen LogP contribution >= 0.6 is 0 Å². The Kier molecular flexibility index (Phi) is 2.17. The number of nitrogens with two attached hydrogens (primary N) is 1. The van der Waals surface area contributed by atoms with E-state index in [4.69, 9.17) is 5.73 Å². The lowest BCUT2D eigenvalue weighted by molar-refractivity contribution is 0.556. The van der Waals surface area contributed by atoms with Gasteiger partial charge in [-0.25, -0.2) is 4.98 Å². The molecule has 0 amide bonds. The normalized spacial score (nSPS) is 14.8. The third-order valence-electron chi connectivity index (χ3n) is 2.82. The standard InChI is InChI=1S/C10H13N7/c1-7-4-8(14-10(11)13-7)16-2-3-17-6-12-15-9(17)5-16/h4,6H,2-3,5H2,1H3,(H2,11,13,14). The lowest BCUT2D eigenvalue weighted by Crippen LogP contribution is -2.34.